The van der Waals surface area contributed by atoms with E-state index in [1.807, 2.05) is 6.07 Å². The van der Waals surface area contributed by atoms with E-state index >= 15 is 0 Å². The summed E-state index contributed by atoms with van der Waals surface area (Å²) in [5.74, 6) is 0.376. The van der Waals surface area contributed by atoms with E-state index in [1.54, 1.807) is 13.1 Å². The van der Waals surface area contributed by atoms with Crippen LogP contribution < -0.4 is 10.1 Å². The van der Waals surface area contributed by atoms with Crippen LogP contribution in [0, 0.1) is 3.70 Å². The standard InChI is InChI=1S/C10H11IN2O2/c1-12-10(14)9-7(15-6-2-3-6)4-5-8(11)13-9/h4-6H,2-3H2,1H3,(H,12,14). The second-order valence-corrected chi connectivity index (χ2v) is 4.48. The number of hydrogen-bond acceptors (Lipinski definition) is 3. The van der Waals surface area contributed by atoms with E-state index in [9.17, 15) is 4.79 Å². The Morgan fingerprint density at radius 1 is 1.60 bits per heavy atom. The molecule has 80 valence electrons. The minimum Gasteiger partial charge on any atom is -0.488 e. The number of nitrogens with one attached hydrogen (secondary N) is 1. The molecule has 0 aliphatic heterocycles. The summed E-state index contributed by atoms with van der Waals surface area (Å²) in [5.41, 5.74) is 0.372. The zero-order valence-corrected chi connectivity index (χ0v) is 10.4. The van der Waals surface area contributed by atoms with Crippen molar-refractivity contribution in [1.82, 2.24) is 10.3 Å². The third kappa shape index (κ3) is 2.58. The maximum Gasteiger partial charge on any atom is 0.273 e. The highest BCUT2D eigenvalue weighted by atomic mass is 127. The van der Waals surface area contributed by atoms with E-state index in [0.717, 1.165) is 16.5 Å². The number of nitrogens with zero attached hydrogens (tertiary/aromatic N) is 1. The Bertz CT molecular complexity index is 391. The molecule has 0 saturated heterocycles. The van der Waals surface area contributed by atoms with E-state index in [1.165, 1.54) is 0 Å². The van der Waals surface area contributed by atoms with Crippen LogP contribution in [0.15, 0.2) is 12.1 Å². The van der Waals surface area contributed by atoms with Crippen LogP contribution >= 0.6 is 22.6 Å². The summed E-state index contributed by atoms with van der Waals surface area (Å²) in [4.78, 5) is 15.7. The fourth-order valence-corrected chi connectivity index (χ4v) is 1.59. The molecule has 1 aromatic heterocycles. The first-order valence-electron chi connectivity index (χ1n) is 4.76. The maximum absolute atomic E-state index is 11.5. The third-order valence-corrected chi connectivity index (χ3v) is 2.69. The number of carbonyl (C=O) groups excluding carboxylic acids is 1. The first-order valence-corrected chi connectivity index (χ1v) is 5.84. The molecule has 1 amide bonds. The molecule has 0 aromatic carbocycles. The lowest BCUT2D eigenvalue weighted by Gasteiger charge is -2.08. The molecule has 1 aliphatic carbocycles. The molecule has 2 rings (SSSR count). The molecule has 1 fully saturated rings. The molecule has 15 heavy (non-hydrogen) atoms. The fraction of sp³-hybridized carbons (Fsp3) is 0.400. The second kappa shape index (κ2) is 4.34. The van der Waals surface area contributed by atoms with Crippen molar-refractivity contribution in [3.05, 3.63) is 21.5 Å². The fourth-order valence-electron chi connectivity index (χ4n) is 1.16. The lowest BCUT2D eigenvalue weighted by Crippen LogP contribution is -2.21. The summed E-state index contributed by atoms with van der Waals surface area (Å²) in [7, 11) is 1.59. The number of carbonyl (C=O) groups is 1. The lowest BCUT2D eigenvalue weighted by molar-refractivity contribution is 0.0953. The van der Waals surface area contributed by atoms with Gasteiger partial charge in [0.2, 0.25) is 0 Å². The number of rotatable bonds is 3. The number of hydrogen-bond donors (Lipinski definition) is 1. The minimum absolute atomic E-state index is 0.204. The van der Waals surface area contributed by atoms with Crippen LogP contribution in [0.25, 0.3) is 0 Å². The Labute approximate surface area is 102 Å². The van der Waals surface area contributed by atoms with Crippen LogP contribution in [0.4, 0.5) is 0 Å². The van der Waals surface area contributed by atoms with Crippen LogP contribution in [0.1, 0.15) is 23.3 Å². The molecule has 0 unspecified atom stereocenters. The van der Waals surface area contributed by atoms with E-state index < -0.39 is 0 Å². The van der Waals surface area contributed by atoms with Gasteiger partial charge in [-0.05, 0) is 47.6 Å². The molecule has 0 atom stereocenters. The summed E-state index contributed by atoms with van der Waals surface area (Å²) >= 11 is 2.07. The van der Waals surface area contributed by atoms with Crippen molar-refractivity contribution in [3.8, 4) is 5.75 Å². The van der Waals surface area contributed by atoms with Gasteiger partial charge in [0.05, 0.1) is 6.10 Å². The molecule has 0 bridgehead atoms. The van der Waals surface area contributed by atoms with Gasteiger partial charge in [0, 0.05) is 7.05 Å². The molecule has 5 heteroatoms. The molecule has 0 spiro atoms. The van der Waals surface area contributed by atoms with Gasteiger partial charge >= 0.3 is 0 Å². The van der Waals surface area contributed by atoms with Crippen molar-refractivity contribution in [3.63, 3.8) is 0 Å². The van der Waals surface area contributed by atoms with Crippen LogP contribution in [0.3, 0.4) is 0 Å². The predicted octanol–water partition coefficient (Wildman–Crippen LogP) is 1.59. The van der Waals surface area contributed by atoms with Gasteiger partial charge in [0.15, 0.2) is 11.4 Å². The highest BCUT2D eigenvalue weighted by Crippen LogP contribution is 2.28. The number of amides is 1. The van der Waals surface area contributed by atoms with Crippen molar-refractivity contribution in [2.75, 3.05) is 7.05 Å². The molecule has 0 radical (unpaired) electrons. The topological polar surface area (TPSA) is 51.2 Å². The SMILES string of the molecule is CNC(=O)c1nc(I)ccc1OC1CC1. The summed E-state index contributed by atoms with van der Waals surface area (Å²) in [5, 5.41) is 2.56. The van der Waals surface area contributed by atoms with Gasteiger partial charge in [-0.3, -0.25) is 4.79 Å². The van der Waals surface area contributed by atoms with Gasteiger partial charge in [-0.1, -0.05) is 0 Å². The Morgan fingerprint density at radius 2 is 2.33 bits per heavy atom. The third-order valence-electron chi connectivity index (χ3n) is 2.08. The first-order chi connectivity index (χ1) is 7.20. The molecule has 1 N–H and O–H groups in total. The molecular formula is C10H11IN2O2. The smallest absolute Gasteiger partial charge is 0.273 e. The number of pyridine rings is 1. The molecule has 1 saturated carbocycles. The Balaban J connectivity index is 2.29. The lowest BCUT2D eigenvalue weighted by atomic mass is 10.3. The van der Waals surface area contributed by atoms with Crippen molar-refractivity contribution in [1.29, 1.82) is 0 Å². The normalized spacial score (nSPS) is 14.8. The second-order valence-electron chi connectivity index (χ2n) is 3.38. The summed E-state index contributed by atoms with van der Waals surface area (Å²) in [6.45, 7) is 0. The van der Waals surface area contributed by atoms with Gasteiger partial charge in [0.25, 0.3) is 5.91 Å². The van der Waals surface area contributed by atoms with Crippen LogP contribution in [-0.4, -0.2) is 24.0 Å². The van der Waals surface area contributed by atoms with Crippen molar-refractivity contribution < 1.29 is 9.53 Å². The van der Waals surface area contributed by atoms with E-state index in [2.05, 4.69) is 32.9 Å². The summed E-state index contributed by atoms with van der Waals surface area (Å²) < 4.78 is 6.39. The zero-order valence-electron chi connectivity index (χ0n) is 8.29. The molecular weight excluding hydrogens is 307 g/mol. The minimum atomic E-state index is -0.204. The van der Waals surface area contributed by atoms with Crippen molar-refractivity contribution in [2.45, 2.75) is 18.9 Å². The van der Waals surface area contributed by atoms with Crippen LogP contribution in [-0.2, 0) is 0 Å². The van der Waals surface area contributed by atoms with E-state index in [4.69, 9.17) is 4.74 Å². The van der Waals surface area contributed by atoms with E-state index in [-0.39, 0.29) is 12.0 Å². The highest BCUT2D eigenvalue weighted by molar-refractivity contribution is 14.1. The number of aromatic nitrogens is 1. The highest BCUT2D eigenvalue weighted by Gasteiger charge is 2.26. The molecule has 1 heterocycles. The van der Waals surface area contributed by atoms with Gasteiger partial charge in [-0.2, -0.15) is 0 Å². The summed E-state index contributed by atoms with van der Waals surface area (Å²) in [6, 6.07) is 3.64. The largest absolute Gasteiger partial charge is 0.488 e. The molecule has 4 nitrogen and oxygen atoms in total. The Morgan fingerprint density at radius 3 is 2.93 bits per heavy atom. The zero-order chi connectivity index (χ0) is 10.8. The monoisotopic (exact) mass is 318 g/mol. The van der Waals surface area contributed by atoms with Gasteiger partial charge in [-0.15, -0.1) is 0 Å². The average molecular weight is 318 g/mol. The first kappa shape index (κ1) is 10.7. The Hall–Kier alpha value is -0.850. The summed E-state index contributed by atoms with van der Waals surface area (Å²) in [6.07, 6.45) is 2.41. The van der Waals surface area contributed by atoms with Crippen molar-refractivity contribution in [2.24, 2.45) is 0 Å². The van der Waals surface area contributed by atoms with Crippen LogP contribution in [0.2, 0.25) is 0 Å². The quantitative estimate of drug-likeness (QED) is 0.680. The predicted molar refractivity (Wildman–Crippen MR) is 64.0 cm³/mol. The van der Waals surface area contributed by atoms with Crippen molar-refractivity contribution >= 4 is 28.5 Å². The number of halogens is 1. The maximum atomic E-state index is 11.5. The van der Waals surface area contributed by atoms with Crippen LogP contribution in [0.5, 0.6) is 5.75 Å². The van der Waals surface area contributed by atoms with Gasteiger partial charge in [-0.25, -0.2) is 4.98 Å². The Kier molecular flexibility index (Phi) is 3.08. The van der Waals surface area contributed by atoms with Gasteiger partial charge in [0.1, 0.15) is 3.70 Å². The van der Waals surface area contributed by atoms with E-state index in [0.29, 0.717) is 11.4 Å². The molecule has 1 aromatic rings. The average Bonchev–Trinajstić information content (AvgIpc) is 3.03. The van der Waals surface area contributed by atoms with Gasteiger partial charge < -0.3 is 10.1 Å². The molecule has 1 aliphatic rings. The number of ether oxygens (including phenoxy) is 1.